The third kappa shape index (κ3) is 3.95. The zero-order chi connectivity index (χ0) is 33.3. The predicted octanol–water partition coefficient (Wildman–Crippen LogP) is 12.3. The third-order valence-electron chi connectivity index (χ3n) is 11.3. The summed E-state index contributed by atoms with van der Waals surface area (Å²) < 4.78 is 6.92. The Labute approximate surface area is 293 Å². The summed E-state index contributed by atoms with van der Waals surface area (Å²) in [7, 11) is 0. The number of para-hydroxylation sites is 2. The van der Waals surface area contributed by atoms with E-state index in [4.69, 9.17) is 4.74 Å². The smallest absolute Gasteiger partial charge is 0.139 e. The van der Waals surface area contributed by atoms with E-state index in [2.05, 4.69) is 195 Å². The summed E-state index contributed by atoms with van der Waals surface area (Å²) in [6.07, 6.45) is 0. The van der Waals surface area contributed by atoms with Gasteiger partial charge in [-0.1, -0.05) is 164 Å². The van der Waals surface area contributed by atoms with Gasteiger partial charge in [0.1, 0.15) is 11.5 Å². The second kappa shape index (κ2) is 10.9. The minimum Gasteiger partial charge on any atom is -0.456 e. The molecule has 0 aromatic heterocycles. The normalized spacial score (nSPS) is 18.4. The van der Waals surface area contributed by atoms with Crippen LogP contribution in [-0.4, -0.2) is 0 Å². The number of hydrogen-bond donors (Lipinski definition) is 0. The lowest BCUT2D eigenvalue weighted by atomic mass is 9.67. The summed E-state index contributed by atoms with van der Waals surface area (Å²) in [5, 5.41) is 2.51. The maximum absolute atomic E-state index is 6.92. The summed E-state index contributed by atoms with van der Waals surface area (Å²) in [6.45, 7) is 2.34. The van der Waals surface area contributed by atoms with Gasteiger partial charge in [-0.05, 0) is 86.5 Å². The van der Waals surface area contributed by atoms with Gasteiger partial charge in [-0.3, -0.25) is 0 Å². The first-order chi connectivity index (χ1) is 24.7. The first kappa shape index (κ1) is 28.8. The Morgan fingerprint density at radius 2 is 0.960 bits per heavy atom. The zero-order valence-corrected chi connectivity index (χ0v) is 27.8. The van der Waals surface area contributed by atoms with Gasteiger partial charge in [-0.25, -0.2) is 0 Å². The van der Waals surface area contributed by atoms with Crippen molar-refractivity contribution in [1.82, 2.24) is 0 Å². The first-order valence-electron chi connectivity index (χ1n) is 17.4. The molecule has 2 unspecified atom stereocenters. The van der Waals surface area contributed by atoms with E-state index >= 15 is 0 Å². The molecule has 0 saturated heterocycles. The van der Waals surface area contributed by atoms with Gasteiger partial charge in [0.15, 0.2) is 0 Å². The van der Waals surface area contributed by atoms with Gasteiger partial charge in [0, 0.05) is 22.1 Å². The quantitative estimate of drug-likeness (QED) is 0.186. The van der Waals surface area contributed by atoms with Crippen LogP contribution in [0.3, 0.4) is 0 Å². The van der Waals surface area contributed by atoms with Gasteiger partial charge >= 0.3 is 0 Å². The summed E-state index contributed by atoms with van der Waals surface area (Å²) in [5.41, 5.74) is 12.7. The van der Waals surface area contributed by atoms with E-state index in [-0.39, 0.29) is 5.41 Å². The van der Waals surface area contributed by atoms with Gasteiger partial charge in [0.2, 0.25) is 0 Å². The van der Waals surface area contributed by atoms with Crippen LogP contribution in [0, 0.1) is 0 Å². The Morgan fingerprint density at radius 3 is 1.76 bits per heavy atom. The molecular formula is C49H34O. The SMILES string of the molecule is CC1(c2ccccc2)c2ccccc2Oc2c(-c3cccc(C4(c5ccccc5)c5ccccc5-c5cc6ccccc6cc54)c3)cccc21. The zero-order valence-electron chi connectivity index (χ0n) is 27.8. The van der Waals surface area contributed by atoms with E-state index in [0.29, 0.717) is 0 Å². The van der Waals surface area contributed by atoms with Crippen molar-refractivity contribution in [1.29, 1.82) is 0 Å². The molecule has 1 aliphatic heterocycles. The fourth-order valence-electron chi connectivity index (χ4n) is 8.93. The highest BCUT2D eigenvalue weighted by Gasteiger charge is 2.46. The number of benzene rings is 8. The maximum atomic E-state index is 6.92. The molecule has 2 atom stereocenters. The van der Waals surface area contributed by atoms with Crippen molar-refractivity contribution in [2.45, 2.75) is 17.8 Å². The van der Waals surface area contributed by atoms with Crippen LogP contribution < -0.4 is 4.74 Å². The lowest BCUT2D eigenvalue weighted by Gasteiger charge is -2.39. The molecule has 10 rings (SSSR count). The van der Waals surface area contributed by atoms with Crippen LogP contribution in [-0.2, 0) is 10.8 Å². The molecule has 0 radical (unpaired) electrons. The van der Waals surface area contributed by atoms with Crippen LogP contribution >= 0.6 is 0 Å². The monoisotopic (exact) mass is 638 g/mol. The molecule has 8 aromatic carbocycles. The van der Waals surface area contributed by atoms with Crippen LogP contribution in [0.2, 0.25) is 0 Å². The average Bonchev–Trinajstić information content (AvgIpc) is 3.47. The Bertz CT molecular complexity index is 2580. The van der Waals surface area contributed by atoms with Gasteiger partial charge in [-0.15, -0.1) is 0 Å². The van der Waals surface area contributed by atoms with Gasteiger partial charge in [0.25, 0.3) is 0 Å². The second-order valence-electron chi connectivity index (χ2n) is 13.8. The van der Waals surface area contributed by atoms with Gasteiger partial charge < -0.3 is 4.74 Å². The molecular weight excluding hydrogens is 605 g/mol. The highest BCUT2D eigenvalue weighted by atomic mass is 16.5. The van der Waals surface area contributed by atoms with Crippen molar-refractivity contribution in [2.75, 3.05) is 0 Å². The first-order valence-corrected chi connectivity index (χ1v) is 17.4. The van der Waals surface area contributed by atoms with Crippen molar-refractivity contribution in [3.63, 3.8) is 0 Å². The number of ether oxygens (including phenoxy) is 1. The highest BCUT2D eigenvalue weighted by molar-refractivity contribution is 5.96. The van der Waals surface area contributed by atoms with Crippen LogP contribution in [0.25, 0.3) is 33.0 Å². The molecule has 1 heterocycles. The molecule has 0 bridgehead atoms. The van der Waals surface area contributed by atoms with E-state index in [9.17, 15) is 0 Å². The Balaban J connectivity index is 1.24. The Kier molecular flexibility index (Phi) is 6.29. The lowest BCUT2D eigenvalue weighted by Crippen LogP contribution is -2.29. The van der Waals surface area contributed by atoms with Crippen molar-refractivity contribution >= 4 is 10.8 Å². The topological polar surface area (TPSA) is 9.23 Å². The molecule has 1 heteroatoms. The van der Waals surface area contributed by atoms with Crippen LogP contribution in [0.1, 0.15) is 45.9 Å². The highest BCUT2D eigenvalue weighted by Crippen LogP contribution is 2.58. The minimum atomic E-state index is -0.506. The van der Waals surface area contributed by atoms with Crippen molar-refractivity contribution in [3.8, 4) is 33.8 Å². The largest absolute Gasteiger partial charge is 0.456 e. The molecule has 0 saturated carbocycles. The van der Waals surface area contributed by atoms with Crippen LogP contribution in [0.5, 0.6) is 11.5 Å². The molecule has 2 aliphatic rings. The maximum Gasteiger partial charge on any atom is 0.139 e. The number of rotatable bonds is 4. The minimum absolute atomic E-state index is 0.380. The van der Waals surface area contributed by atoms with Crippen LogP contribution in [0.4, 0.5) is 0 Å². The molecule has 8 aromatic rings. The van der Waals surface area contributed by atoms with Crippen molar-refractivity contribution in [3.05, 3.63) is 227 Å². The number of hydrogen-bond acceptors (Lipinski definition) is 1. The molecule has 236 valence electrons. The molecule has 0 spiro atoms. The second-order valence-corrected chi connectivity index (χ2v) is 13.8. The van der Waals surface area contributed by atoms with Gasteiger partial charge in [-0.2, -0.15) is 0 Å². The van der Waals surface area contributed by atoms with Crippen molar-refractivity contribution < 1.29 is 4.74 Å². The molecule has 0 N–H and O–H groups in total. The standard InChI is InChI=1S/C49H34O/c1-48(36-19-4-2-5-20-36)43-27-12-13-29-46(43)50-47-39(25-15-28-44(47)48)35-18-14-23-38(30-35)49(37-21-6-3-7-22-37)42-26-11-10-24-40(42)41-31-33-16-8-9-17-34(33)32-45(41)49/h2-32H,1H3. The molecule has 50 heavy (non-hydrogen) atoms. The molecule has 1 nitrogen and oxygen atoms in total. The fourth-order valence-corrected chi connectivity index (χ4v) is 8.93. The summed E-state index contributed by atoms with van der Waals surface area (Å²) in [4.78, 5) is 0. The van der Waals surface area contributed by atoms with Crippen molar-refractivity contribution in [2.24, 2.45) is 0 Å². The predicted molar refractivity (Wildman–Crippen MR) is 205 cm³/mol. The third-order valence-corrected chi connectivity index (χ3v) is 11.3. The van der Waals surface area contributed by atoms with E-state index in [1.165, 1.54) is 60.8 Å². The van der Waals surface area contributed by atoms with E-state index < -0.39 is 5.41 Å². The molecule has 1 aliphatic carbocycles. The average molecular weight is 639 g/mol. The number of fused-ring (bicyclic) bond motifs is 6. The fraction of sp³-hybridized carbons (Fsp3) is 0.0612. The summed E-state index contributed by atoms with van der Waals surface area (Å²) >= 11 is 0. The van der Waals surface area contributed by atoms with E-state index in [1.807, 2.05) is 0 Å². The summed E-state index contributed by atoms with van der Waals surface area (Å²) in [5.74, 6) is 1.82. The Morgan fingerprint density at radius 1 is 0.380 bits per heavy atom. The van der Waals surface area contributed by atoms with E-state index in [1.54, 1.807) is 0 Å². The van der Waals surface area contributed by atoms with Crippen LogP contribution in [0.15, 0.2) is 188 Å². The Hall–Kier alpha value is -6.18. The lowest BCUT2D eigenvalue weighted by molar-refractivity contribution is 0.429. The summed E-state index contributed by atoms with van der Waals surface area (Å²) in [6, 6.07) is 68.8. The van der Waals surface area contributed by atoms with E-state index in [0.717, 1.165) is 22.6 Å². The molecule has 0 fully saturated rings. The van der Waals surface area contributed by atoms with Gasteiger partial charge in [0.05, 0.1) is 5.41 Å². The molecule has 0 amide bonds.